The average Bonchev–Trinajstić information content (AvgIpc) is 2.76. The topological polar surface area (TPSA) is 58.6 Å². The van der Waals surface area contributed by atoms with Crippen LogP contribution in [0.5, 0.6) is 5.75 Å². The smallest absolute Gasteiger partial charge is 0.242 e. The molecular weight excluding hydrogens is 400 g/mol. The van der Waals surface area contributed by atoms with Crippen molar-refractivity contribution in [3.63, 3.8) is 0 Å². The number of hydrogen-bond acceptors (Lipinski definition) is 3. The van der Waals surface area contributed by atoms with E-state index < -0.39 is 6.04 Å². The van der Waals surface area contributed by atoms with Crippen LogP contribution in [-0.2, 0) is 22.6 Å². The molecule has 1 N–H and O–H groups in total. The molecule has 0 aliphatic carbocycles. The van der Waals surface area contributed by atoms with Gasteiger partial charge in [-0.25, -0.2) is 0 Å². The fourth-order valence-electron chi connectivity index (χ4n) is 3.10. The number of methoxy groups -OCH3 is 1. The Labute approximate surface area is 184 Å². The van der Waals surface area contributed by atoms with Crippen molar-refractivity contribution in [2.24, 2.45) is 0 Å². The van der Waals surface area contributed by atoms with Crippen LogP contribution < -0.4 is 10.1 Å². The van der Waals surface area contributed by atoms with Crippen molar-refractivity contribution in [2.75, 3.05) is 7.11 Å². The molecule has 5 nitrogen and oxygen atoms in total. The zero-order valence-corrected chi connectivity index (χ0v) is 18.9. The fraction of sp³-hybridized carbons (Fsp3) is 0.417. The number of halogens is 1. The van der Waals surface area contributed by atoms with E-state index in [4.69, 9.17) is 16.3 Å². The molecule has 0 aromatic heterocycles. The Morgan fingerprint density at radius 1 is 1.13 bits per heavy atom. The van der Waals surface area contributed by atoms with Crippen LogP contribution in [0.3, 0.4) is 0 Å². The molecule has 0 spiro atoms. The second kappa shape index (κ2) is 11.6. The summed E-state index contributed by atoms with van der Waals surface area (Å²) in [6, 6.07) is 14.5. The average molecular weight is 431 g/mol. The lowest BCUT2D eigenvalue weighted by atomic mass is 10.1. The SMILES string of the molecule is CC[C@H](C)NC(=O)[C@H](C)N(Cc1cccc(OC)c1)C(=O)CCc1ccccc1Cl. The lowest BCUT2D eigenvalue weighted by molar-refractivity contribution is -0.140. The minimum absolute atomic E-state index is 0.0526. The van der Waals surface area contributed by atoms with Gasteiger partial charge in [0.2, 0.25) is 11.8 Å². The molecule has 2 aromatic rings. The van der Waals surface area contributed by atoms with Gasteiger partial charge in [-0.3, -0.25) is 9.59 Å². The predicted molar refractivity (Wildman–Crippen MR) is 121 cm³/mol. The molecule has 2 atom stereocenters. The Hall–Kier alpha value is -2.53. The van der Waals surface area contributed by atoms with Crippen LogP contribution in [0.15, 0.2) is 48.5 Å². The molecule has 30 heavy (non-hydrogen) atoms. The molecule has 0 aliphatic heterocycles. The third-order valence-corrected chi connectivity index (χ3v) is 5.59. The zero-order valence-electron chi connectivity index (χ0n) is 18.2. The summed E-state index contributed by atoms with van der Waals surface area (Å²) in [6.07, 6.45) is 1.62. The second-order valence-corrected chi connectivity index (χ2v) is 7.87. The van der Waals surface area contributed by atoms with Gasteiger partial charge in [0.15, 0.2) is 0 Å². The summed E-state index contributed by atoms with van der Waals surface area (Å²) < 4.78 is 5.29. The van der Waals surface area contributed by atoms with Gasteiger partial charge in [0.1, 0.15) is 11.8 Å². The highest BCUT2D eigenvalue weighted by Crippen LogP contribution is 2.20. The third kappa shape index (κ3) is 6.77. The summed E-state index contributed by atoms with van der Waals surface area (Å²) in [7, 11) is 1.61. The van der Waals surface area contributed by atoms with Crippen LogP contribution in [0.4, 0.5) is 0 Å². The van der Waals surface area contributed by atoms with Gasteiger partial charge in [-0.05, 0) is 56.0 Å². The van der Waals surface area contributed by atoms with E-state index in [1.165, 1.54) is 0 Å². The molecule has 0 fully saturated rings. The minimum atomic E-state index is -0.594. The molecule has 6 heteroatoms. The fourth-order valence-corrected chi connectivity index (χ4v) is 3.33. The first-order valence-electron chi connectivity index (χ1n) is 10.3. The van der Waals surface area contributed by atoms with Gasteiger partial charge >= 0.3 is 0 Å². The Balaban J connectivity index is 2.19. The number of nitrogens with one attached hydrogen (secondary N) is 1. The number of rotatable bonds is 10. The van der Waals surface area contributed by atoms with E-state index in [0.29, 0.717) is 23.7 Å². The maximum absolute atomic E-state index is 13.2. The molecule has 0 radical (unpaired) electrons. The number of carbonyl (C=O) groups excluding carboxylic acids is 2. The highest BCUT2D eigenvalue weighted by molar-refractivity contribution is 6.31. The van der Waals surface area contributed by atoms with Crippen LogP contribution in [0, 0.1) is 0 Å². The summed E-state index contributed by atoms with van der Waals surface area (Å²) in [5.41, 5.74) is 1.83. The molecule has 0 unspecified atom stereocenters. The Morgan fingerprint density at radius 3 is 2.53 bits per heavy atom. The quantitative estimate of drug-likeness (QED) is 0.598. The van der Waals surface area contributed by atoms with Crippen molar-refractivity contribution >= 4 is 23.4 Å². The number of benzene rings is 2. The van der Waals surface area contributed by atoms with Crippen molar-refractivity contribution in [3.05, 3.63) is 64.7 Å². The largest absolute Gasteiger partial charge is 0.497 e. The van der Waals surface area contributed by atoms with E-state index in [9.17, 15) is 9.59 Å². The van der Waals surface area contributed by atoms with E-state index in [0.717, 1.165) is 17.5 Å². The number of nitrogens with zero attached hydrogens (tertiary/aromatic N) is 1. The van der Waals surface area contributed by atoms with Gasteiger partial charge in [-0.15, -0.1) is 0 Å². The lowest BCUT2D eigenvalue weighted by Gasteiger charge is -2.30. The molecule has 0 bridgehead atoms. The first-order chi connectivity index (χ1) is 14.3. The van der Waals surface area contributed by atoms with Gasteiger partial charge in [0, 0.05) is 24.0 Å². The summed E-state index contributed by atoms with van der Waals surface area (Å²) in [6.45, 7) is 6.06. The van der Waals surface area contributed by atoms with Crippen LogP contribution in [0.2, 0.25) is 5.02 Å². The highest BCUT2D eigenvalue weighted by atomic mass is 35.5. The highest BCUT2D eigenvalue weighted by Gasteiger charge is 2.26. The van der Waals surface area contributed by atoms with Crippen molar-refractivity contribution < 1.29 is 14.3 Å². The van der Waals surface area contributed by atoms with Crippen molar-refractivity contribution in [3.8, 4) is 5.75 Å². The number of hydrogen-bond donors (Lipinski definition) is 1. The van der Waals surface area contributed by atoms with Crippen LogP contribution in [0.25, 0.3) is 0 Å². The molecule has 2 aromatic carbocycles. The Bertz CT molecular complexity index is 856. The maximum Gasteiger partial charge on any atom is 0.242 e. The van der Waals surface area contributed by atoms with Crippen LogP contribution in [0.1, 0.15) is 44.7 Å². The zero-order chi connectivity index (χ0) is 22.1. The molecule has 162 valence electrons. The molecule has 0 saturated heterocycles. The van der Waals surface area contributed by atoms with Crippen LogP contribution in [-0.4, -0.2) is 35.9 Å². The second-order valence-electron chi connectivity index (χ2n) is 7.46. The maximum atomic E-state index is 13.2. The molecule has 0 aliphatic rings. The Kier molecular flexibility index (Phi) is 9.18. The number of amides is 2. The van der Waals surface area contributed by atoms with Gasteiger partial charge in [-0.1, -0.05) is 48.9 Å². The van der Waals surface area contributed by atoms with E-state index in [1.54, 1.807) is 18.9 Å². The summed E-state index contributed by atoms with van der Waals surface area (Å²) >= 11 is 6.23. The van der Waals surface area contributed by atoms with E-state index >= 15 is 0 Å². The van der Waals surface area contributed by atoms with Crippen molar-refractivity contribution in [2.45, 2.75) is 58.7 Å². The number of ether oxygens (including phenoxy) is 1. The molecule has 2 amide bonds. The predicted octanol–water partition coefficient (Wildman–Crippen LogP) is 4.61. The van der Waals surface area contributed by atoms with E-state index in [2.05, 4.69) is 5.32 Å². The normalized spacial score (nSPS) is 12.7. The van der Waals surface area contributed by atoms with Gasteiger partial charge < -0.3 is 15.0 Å². The number of carbonyl (C=O) groups is 2. The molecule has 0 saturated carbocycles. The minimum Gasteiger partial charge on any atom is -0.497 e. The molecule has 0 heterocycles. The number of aryl methyl sites for hydroxylation is 1. The van der Waals surface area contributed by atoms with E-state index in [1.807, 2.05) is 62.4 Å². The molecule has 2 rings (SSSR count). The van der Waals surface area contributed by atoms with E-state index in [-0.39, 0.29) is 24.3 Å². The summed E-state index contributed by atoms with van der Waals surface area (Å²) in [5.74, 6) is 0.468. The van der Waals surface area contributed by atoms with Gasteiger partial charge in [0.05, 0.1) is 7.11 Å². The third-order valence-electron chi connectivity index (χ3n) is 5.22. The first-order valence-corrected chi connectivity index (χ1v) is 10.7. The monoisotopic (exact) mass is 430 g/mol. The molecular formula is C24H31ClN2O3. The lowest BCUT2D eigenvalue weighted by Crippen LogP contribution is -2.49. The van der Waals surface area contributed by atoms with Gasteiger partial charge in [-0.2, -0.15) is 0 Å². The Morgan fingerprint density at radius 2 is 1.87 bits per heavy atom. The summed E-state index contributed by atoms with van der Waals surface area (Å²) in [4.78, 5) is 27.5. The van der Waals surface area contributed by atoms with Gasteiger partial charge in [0.25, 0.3) is 0 Å². The first kappa shape index (κ1) is 23.7. The summed E-state index contributed by atoms with van der Waals surface area (Å²) in [5, 5.41) is 3.62. The standard InChI is InChI=1S/C24H31ClN2O3/c1-5-17(2)26-24(29)18(3)27(16-19-9-8-11-21(15-19)30-4)23(28)14-13-20-10-6-7-12-22(20)25/h6-12,15,17-18H,5,13-14,16H2,1-4H3,(H,26,29)/t17-,18-/m0/s1. The van der Waals surface area contributed by atoms with Crippen LogP contribution >= 0.6 is 11.6 Å². The van der Waals surface area contributed by atoms with Crippen molar-refractivity contribution in [1.82, 2.24) is 10.2 Å². The van der Waals surface area contributed by atoms with Crippen molar-refractivity contribution in [1.29, 1.82) is 0 Å².